The van der Waals surface area contributed by atoms with E-state index in [1.165, 1.54) is 30.3 Å². The van der Waals surface area contributed by atoms with Crippen molar-refractivity contribution in [2.45, 2.75) is 4.90 Å². The zero-order valence-electron chi connectivity index (χ0n) is 12.6. The topological polar surface area (TPSA) is 122 Å². The number of carbonyl (C=O) groups is 1. The third kappa shape index (κ3) is 3.49. The number of benzene rings is 2. The summed E-state index contributed by atoms with van der Waals surface area (Å²) in [5, 5.41) is 9.66. The molecule has 0 aliphatic carbocycles. The van der Waals surface area contributed by atoms with E-state index in [-0.39, 0.29) is 32.5 Å². The Morgan fingerprint density at radius 2 is 1.80 bits per heavy atom. The van der Waals surface area contributed by atoms with Crippen LogP contribution in [0.1, 0.15) is 10.4 Å². The number of nitrogens with zero attached hydrogens (tertiary/aromatic N) is 1. The van der Waals surface area contributed by atoms with Crippen molar-refractivity contribution in [3.05, 3.63) is 59.1 Å². The molecule has 1 aromatic heterocycles. The molecule has 0 unspecified atom stereocenters. The zero-order chi connectivity index (χ0) is 18.2. The Labute approximate surface area is 148 Å². The Bertz CT molecular complexity index is 1080. The number of rotatable bonds is 4. The Morgan fingerprint density at radius 3 is 2.44 bits per heavy atom. The average molecular weight is 378 g/mol. The molecular weight excluding hydrogens is 366 g/mol. The van der Waals surface area contributed by atoms with Gasteiger partial charge in [-0.25, -0.2) is 18.2 Å². The van der Waals surface area contributed by atoms with Crippen LogP contribution in [0.3, 0.4) is 0 Å². The molecule has 0 bridgehead atoms. The van der Waals surface area contributed by atoms with Crippen molar-refractivity contribution in [2.24, 2.45) is 0 Å². The number of hydrogen-bond acceptors (Lipinski definition) is 5. The number of nitrogens with two attached hydrogens (primary N) is 1. The van der Waals surface area contributed by atoms with Crippen LogP contribution in [0.4, 0.5) is 11.5 Å². The maximum absolute atomic E-state index is 12.7. The smallest absolute Gasteiger partial charge is 0.335 e. The SMILES string of the molecule is Nc1ccc2cc(Cl)cc(S(=O)(=O)Nc3ccc(C(=O)O)cc3)c2n1. The number of fused-ring (bicyclic) bond motifs is 1. The largest absolute Gasteiger partial charge is 0.478 e. The molecule has 0 fully saturated rings. The number of nitrogen functional groups attached to an aromatic ring is 1. The minimum absolute atomic E-state index is 0.0468. The molecule has 2 aromatic carbocycles. The number of carboxylic acid groups (broad SMARTS) is 1. The van der Waals surface area contributed by atoms with Gasteiger partial charge < -0.3 is 10.8 Å². The normalized spacial score (nSPS) is 11.4. The average Bonchev–Trinajstić information content (AvgIpc) is 2.54. The molecule has 0 atom stereocenters. The summed E-state index contributed by atoms with van der Waals surface area (Å²) in [6, 6.07) is 11.4. The van der Waals surface area contributed by atoms with Crippen LogP contribution in [0.5, 0.6) is 0 Å². The van der Waals surface area contributed by atoms with Crippen molar-refractivity contribution < 1.29 is 18.3 Å². The van der Waals surface area contributed by atoms with Gasteiger partial charge in [0.25, 0.3) is 10.0 Å². The van der Waals surface area contributed by atoms with Gasteiger partial charge in [-0.05, 0) is 48.5 Å². The predicted octanol–water partition coefficient (Wildman–Crippen LogP) is 2.97. The minimum Gasteiger partial charge on any atom is -0.478 e. The van der Waals surface area contributed by atoms with Gasteiger partial charge >= 0.3 is 5.97 Å². The highest BCUT2D eigenvalue weighted by Gasteiger charge is 2.20. The second-order valence-corrected chi connectivity index (χ2v) is 7.29. The summed E-state index contributed by atoms with van der Waals surface area (Å²) in [7, 11) is -4.01. The number of aromatic carboxylic acids is 1. The molecule has 0 aliphatic heterocycles. The third-order valence-electron chi connectivity index (χ3n) is 3.42. The Morgan fingerprint density at radius 1 is 1.12 bits per heavy atom. The van der Waals surface area contributed by atoms with Crippen LogP contribution in [-0.4, -0.2) is 24.5 Å². The number of pyridine rings is 1. The molecule has 3 aromatic rings. The molecule has 0 aliphatic rings. The fourth-order valence-electron chi connectivity index (χ4n) is 2.28. The monoisotopic (exact) mass is 377 g/mol. The molecule has 7 nitrogen and oxygen atoms in total. The van der Waals surface area contributed by atoms with Crippen molar-refractivity contribution in [2.75, 3.05) is 10.5 Å². The molecule has 0 saturated heterocycles. The first-order valence-electron chi connectivity index (χ1n) is 6.98. The van der Waals surface area contributed by atoms with Crippen LogP contribution in [0.2, 0.25) is 5.02 Å². The van der Waals surface area contributed by atoms with E-state index in [9.17, 15) is 13.2 Å². The number of hydrogen-bond donors (Lipinski definition) is 3. The van der Waals surface area contributed by atoms with Crippen LogP contribution in [0, 0.1) is 0 Å². The molecule has 128 valence electrons. The summed E-state index contributed by atoms with van der Waals surface area (Å²) in [6.07, 6.45) is 0. The van der Waals surface area contributed by atoms with Gasteiger partial charge in [0.2, 0.25) is 0 Å². The maximum atomic E-state index is 12.7. The highest BCUT2D eigenvalue weighted by molar-refractivity contribution is 7.93. The van der Waals surface area contributed by atoms with E-state index in [2.05, 4.69) is 9.71 Å². The van der Waals surface area contributed by atoms with Crippen LogP contribution < -0.4 is 10.5 Å². The lowest BCUT2D eigenvalue weighted by molar-refractivity contribution is 0.0697. The highest BCUT2D eigenvalue weighted by atomic mass is 35.5. The van der Waals surface area contributed by atoms with Gasteiger partial charge in [0.05, 0.1) is 11.1 Å². The lowest BCUT2D eigenvalue weighted by Crippen LogP contribution is -2.14. The number of anilines is 2. The molecule has 0 saturated carbocycles. The second-order valence-electron chi connectivity index (χ2n) is 5.20. The molecule has 4 N–H and O–H groups in total. The number of carboxylic acids is 1. The molecule has 0 spiro atoms. The summed E-state index contributed by atoms with van der Waals surface area (Å²) in [4.78, 5) is 14.8. The van der Waals surface area contributed by atoms with E-state index in [0.717, 1.165) is 0 Å². The Hall–Kier alpha value is -2.84. The summed E-state index contributed by atoms with van der Waals surface area (Å²) >= 11 is 6.01. The van der Waals surface area contributed by atoms with E-state index < -0.39 is 16.0 Å². The quantitative estimate of drug-likeness (QED) is 0.642. The van der Waals surface area contributed by atoms with Crippen LogP contribution >= 0.6 is 11.6 Å². The molecule has 9 heteroatoms. The fraction of sp³-hybridized carbons (Fsp3) is 0. The maximum Gasteiger partial charge on any atom is 0.335 e. The standard InChI is InChI=1S/C16H12ClN3O4S/c17-11-7-10-3-6-14(18)19-15(10)13(8-11)25(23,24)20-12-4-1-9(2-5-12)16(21)22/h1-8,20H,(H2,18,19)(H,21,22). The lowest BCUT2D eigenvalue weighted by atomic mass is 10.2. The molecular formula is C16H12ClN3O4S. The summed E-state index contributed by atoms with van der Waals surface area (Å²) in [5.41, 5.74) is 6.11. The van der Waals surface area contributed by atoms with Crippen LogP contribution in [-0.2, 0) is 10.0 Å². The Kier molecular flexibility index (Phi) is 4.23. The molecule has 3 rings (SSSR count). The number of aromatic nitrogens is 1. The first-order valence-corrected chi connectivity index (χ1v) is 8.84. The van der Waals surface area contributed by atoms with Gasteiger partial charge in [-0.3, -0.25) is 4.72 Å². The van der Waals surface area contributed by atoms with Gasteiger partial charge in [-0.1, -0.05) is 11.6 Å². The minimum atomic E-state index is -4.01. The third-order valence-corrected chi connectivity index (χ3v) is 5.03. The van der Waals surface area contributed by atoms with Crippen molar-refractivity contribution in [3.8, 4) is 0 Å². The van der Waals surface area contributed by atoms with Crippen LogP contribution in [0.25, 0.3) is 10.9 Å². The number of nitrogens with one attached hydrogen (secondary N) is 1. The van der Waals surface area contributed by atoms with Gasteiger partial charge in [-0.15, -0.1) is 0 Å². The van der Waals surface area contributed by atoms with E-state index in [0.29, 0.717) is 5.39 Å². The van der Waals surface area contributed by atoms with Crippen molar-refractivity contribution in [1.82, 2.24) is 4.98 Å². The highest BCUT2D eigenvalue weighted by Crippen LogP contribution is 2.28. The zero-order valence-corrected chi connectivity index (χ0v) is 14.2. The van der Waals surface area contributed by atoms with Crippen LogP contribution in [0.15, 0.2) is 53.4 Å². The summed E-state index contributed by atoms with van der Waals surface area (Å²) < 4.78 is 27.8. The molecule has 1 heterocycles. The molecule has 0 amide bonds. The predicted molar refractivity (Wildman–Crippen MR) is 95.4 cm³/mol. The lowest BCUT2D eigenvalue weighted by Gasteiger charge is -2.11. The van der Waals surface area contributed by atoms with E-state index >= 15 is 0 Å². The van der Waals surface area contributed by atoms with Crippen molar-refractivity contribution >= 4 is 50.0 Å². The second kappa shape index (κ2) is 6.23. The van der Waals surface area contributed by atoms with E-state index in [1.807, 2.05) is 0 Å². The van der Waals surface area contributed by atoms with Gasteiger partial charge in [0.1, 0.15) is 10.7 Å². The van der Waals surface area contributed by atoms with Gasteiger partial charge in [0, 0.05) is 16.1 Å². The van der Waals surface area contributed by atoms with E-state index in [4.69, 9.17) is 22.4 Å². The van der Waals surface area contributed by atoms with Crippen molar-refractivity contribution in [3.63, 3.8) is 0 Å². The van der Waals surface area contributed by atoms with Gasteiger partial charge in [0.15, 0.2) is 0 Å². The Balaban J connectivity index is 2.06. The van der Waals surface area contributed by atoms with Crippen molar-refractivity contribution in [1.29, 1.82) is 0 Å². The number of sulfonamides is 1. The fourth-order valence-corrected chi connectivity index (χ4v) is 3.83. The first kappa shape index (κ1) is 17.0. The molecule has 25 heavy (non-hydrogen) atoms. The van der Waals surface area contributed by atoms with Gasteiger partial charge in [-0.2, -0.15) is 0 Å². The first-order chi connectivity index (χ1) is 11.8. The summed E-state index contributed by atoms with van der Waals surface area (Å²) in [6.45, 7) is 0. The van der Waals surface area contributed by atoms with E-state index in [1.54, 1.807) is 18.2 Å². The molecule has 0 radical (unpaired) electrons. The summed E-state index contributed by atoms with van der Waals surface area (Å²) in [5.74, 6) is -0.924. The number of halogens is 1.